The Bertz CT molecular complexity index is 938. The molecule has 0 aliphatic carbocycles. The van der Waals surface area contributed by atoms with Gasteiger partial charge in [0.15, 0.2) is 6.61 Å². The molecule has 1 heterocycles. The van der Waals surface area contributed by atoms with Gasteiger partial charge in [-0.15, -0.1) is 0 Å². The molecule has 1 amide bonds. The molecule has 0 unspecified atom stereocenters. The highest BCUT2D eigenvalue weighted by atomic mass is 16.5. The van der Waals surface area contributed by atoms with Crippen molar-refractivity contribution >= 4 is 11.9 Å². The predicted molar refractivity (Wildman–Crippen MR) is 109 cm³/mol. The SMILES string of the molecule is Cc1ccc(Cn2nc(C)c(C(=O)OCC(=O)N[C@](C)(C#N)C(C)C)c2C)cc1. The smallest absolute Gasteiger partial charge is 0.342 e. The number of carbonyl (C=O) groups excluding carboxylic acids is 2. The first-order valence-electron chi connectivity index (χ1n) is 9.56. The standard InChI is InChI=1S/C22H28N4O3/c1-14(2)22(6,13-23)24-19(27)12-29-21(28)20-16(4)25-26(17(20)5)11-18-9-7-15(3)8-10-18/h7-10,14H,11-12H2,1-6H3,(H,24,27)/t22-/m1/s1. The summed E-state index contributed by atoms with van der Waals surface area (Å²) >= 11 is 0. The number of nitriles is 1. The summed E-state index contributed by atoms with van der Waals surface area (Å²) in [7, 11) is 0. The molecule has 0 saturated carbocycles. The van der Waals surface area contributed by atoms with Gasteiger partial charge in [0.1, 0.15) is 11.1 Å². The number of aromatic nitrogens is 2. The van der Waals surface area contributed by atoms with Crippen LogP contribution in [-0.4, -0.2) is 33.8 Å². The molecule has 7 nitrogen and oxygen atoms in total. The molecule has 1 aromatic heterocycles. The monoisotopic (exact) mass is 396 g/mol. The van der Waals surface area contributed by atoms with Gasteiger partial charge in [0.05, 0.1) is 24.0 Å². The Morgan fingerprint density at radius 1 is 1.24 bits per heavy atom. The van der Waals surface area contributed by atoms with E-state index in [1.54, 1.807) is 25.5 Å². The van der Waals surface area contributed by atoms with Crippen molar-refractivity contribution in [1.82, 2.24) is 15.1 Å². The van der Waals surface area contributed by atoms with Crippen LogP contribution in [0.25, 0.3) is 0 Å². The van der Waals surface area contributed by atoms with E-state index < -0.39 is 24.0 Å². The summed E-state index contributed by atoms with van der Waals surface area (Å²) in [5.74, 6) is -1.20. The lowest BCUT2D eigenvalue weighted by Gasteiger charge is -2.27. The number of ether oxygens (including phenoxy) is 1. The van der Waals surface area contributed by atoms with Gasteiger partial charge in [0.25, 0.3) is 5.91 Å². The zero-order chi connectivity index (χ0) is 21.8. The quantitative estimate of drug-likeness (QED) is 0.726. The number of carbonyl (C=O) groups is 2. The number of nitrogens with zero attached hydrogens (tertiary/aromatic N) is 3. The van der Waals surface area contributed by atoms with Gasteiger partial charge in [-0.2, -0.15) is 10.4 Å². The fourth-order valence-corrected chi connectivity index (χ4v) is 2.84. The lowest BCUT2D eigenvalue weighted by Crippen LogP contribution is -2.50. The number of esters is 1. The van der Waals surface area contributed by atoms with Gasteiger partial charge < -0.3 is 10.1 Å². The third-order valence-electron chi connectivity index (χ3n) is 5.16. The Kier molecular flexibility index (Phi) is 6.80. The number of amides is 1. The fourth-order valence-electron chi connectivity index (χ4n) is 2.84. The number of rotatable bonds is 7. The minimum atomic E-state index is -1.02. The largest absolute Gasteiger partial charge is 0.452 e. The van der Waals surface area contributed by atoms with Gasteiger partial charge in [-0.1, -0.05) is 43.7 Å². The predicted octanol–water partition coefficient (Wildman–Crippen LogP) is 3.07. The summed E-state index contributed by atoms with van der Waals surface area (Å²) in [4.78, 5) is 24.7. The molecule has 1 N–H and O–H groups in total. The highest BCUT2D eigenvalue weighted by molar-refractivity contribution is 5.93. The summed E-state index contributed by atoms with van der Waals surface area (Å²) in [5.41, 5.74) is 2.81. The number of hydrogen-bond acceptors (Lipinski definition) is 5. The molecule has 0 spiro atoms. The molecule has 0 aliphatic heterocycles. The second-order valence-electron chi connectivity index (χ2n) is 7.78. The third kappa shape index (κ3) is 5.23. The van der Waals surface area contributed by atoms with Gasteiger partial charge in [-0.25, -0.2) is 4.79 Å². The van der Waals surface area contributed by atoms with E-state index in [-0.39, 0.29) is 5.92 Å². The maximum atomic E-state index is 12.5. The van der Waals surface area contributed by atoms with Crippen molar-refractivity contribution in [3.63, 3.8) is 0 Å². The normalized spacial score (nSPS) is 12.9. The van der Waals surface area contributed by atoms with Gasteiger partial charge in [-0.3, -0.25) is 9.48 Å². The van der Waals surface area contributed by atoms with E-state index in [1.165, 1.54) is 5.56 Å². The summed E-state index contributed by atoms with van der Waals surface area (Å²) in [6.07, 6.45) is 0. The highest BCUT2D eigenvalue weighted by Gasteiger charge is 2.30. The maximum absolute atomic E-state index is 12.5. The Balaban J connectivity index is 2.06. The molecule has 0 fully saturated rings. The first-order chi connectivity index (χ1) is 13.6. The molecule has 0 bridgehead atoms. The van der Waals surface area contributed by atoms with Gasteiger partial charge in [-0.05, 0) is 39.2 Å². The van der Waals surface area contributed by atoms with Crippen LogP contribution in [0.5, 0.6) is 0 Å². The first kappa shape index (κ1) is 22.2. The summed E-state index contributed by atoms with van der Waals surface area (Å²) in [6.45, 7) is 11.0. The van der Waals surface area contributed by atoms with Crippen molar-refractivity contribution in [1.29, 1.82) is 5.26 Å². The lowest BCUT2D eigenvalue weighted by molar-refractivity contribution is -0.125. The van der Waals surface area contributed by atoms with Crippen LogP contribution in [0.4, 0.5) is 0 Å². The fraction of sp³-hybridized carbons (Fsp3) is 0.455. The van der Waals surface area contributed by atoms with Crippen LogP contribution in [0, 0.1) is 38.0 Å². The van der Waals surface area contributed by atoms with Gasteiger partial charge in [0.2, 0.25) is 0 Å². The Morgan fingerprint density at radius 2 is 1.86 bits per heavy atom. The molecule has 2 aromatic rings. The third-order valence-corrected chi connectivity index (χ3v) is 5.16. The molecule has 0 radical (unpaired) electrons. The maximum Gasteiger partial charge on any atom is 0.342 e. The van der Waals surface area contributed by atoms with Crippen LogP contribution in [-0.2, 0) is 16.1 Å². The highest BCUT2D eigenvalue weighted by Crippen LogP contribution is 2.17. The van der Waals surface area contributed by atoms with Crippen molar-refractivity contribution in [2.75, 3.05) is 6.61 Å². The van der Waals surface area contributed by atoms with Crippen molar-refractivity contribution in [2.45, 2.75) is 53.6 Å². The summed E-state index contributed by atoms with van der Waals surface area (Å²) in [5, 5.41) is 16.4. The van der Waals surface area contributed by atoms with Gasteiger partial charge >= 0.3 is 5.97 Å². The molecule has 7 heteroatoms. The topological polar surface area (TPSA) is 97.0 Å². The number of aryl methyl sites for hydroxylation is 2. The zero-order valence-corrected chi connectivity index (χ0v) is 17.9. The van der Waals surface area contributed by atoms with E-state index in [1.807, 2.05) is 45.0 Å². The Hall–Kier alpha value is -3.14. The van der Waals surface area contributed by atoms with Crippen LogP contribution < -0.4 is 5.32 Å². The molecule has 154 valence electrons. The lowest BCUT2D eigenvalue weighted by atomic mass is 9.90. The minimum Gasteiger partial charge on any atom is -0.452 e. The molecule has 0 aliphatic rings. The molecule has 29 heavy (non-hydrogen) atoms. The number of benzene rings is 1. The van der Waals surface area contributed by atoms with E-state index in [9.17, 15) is 14.9 Å². The average Bonchev–Trinajstić information content (AvgIpc) is 2.94. The number of nitrogens with one attached hydrogen (secondary N) is 1. The molecule has 1 atom stereocenters. The van der Waals surface area contributed by atoms with Crippen LogP contribution in [0.15, 0.2) is 24.3 Å². The van der Waals surface area contributed by atoms with E-state index in [0.29, 0.717) is 23.5 Å². The summed E-state index contributed by atoms with van der Waals surface area (Å²) in [6, 6.07) is 10.2. The Labute approximate surface area is 171 Å². The second kappa shape index (κ2) is 8.91. The average molecular weight is 396 g/mol. The molecule has 1 aromatic carbocycles. The van der Waals surface area contributed by atoms with Crippen molar-refractivity contribution in [3.8, 4) is 6.07 Å². The van der Waals surface area contributed by atoms with E-state index in [2.05, 4.69) is 16.5 Å². The first-order valence-corrected chi connectivity index (χ1v) is 9.56. The van der Waals surface area contributed by atoms with Crippen molar-refractivity contribution in [2.24, 2.45) is 5.92 Å². The zero-order valence-electron chi connectivity index (χ0n) is 17.9. The van der Waals surface area contributed by atoms with Crippen molar-refractivity contribution in [3.05, 3.63) is 52.3 Å². The minimum absolute atomic E-state index is 0.0864. The summed E-state index contributed by atoms with van der Waals surface area (Å²) < 4.78 is 6.94. The van der Waals surface area contributed by atoms with Gasteiger partial charge in [0, 0.05) is 0 Å². The van der Waals surface area contributed by atoms with E-state index >= 15 is 0 Å². The molecule has 2 rings (SSSR count). The van der Waals surface area contributed by atoms with E-state index in [0.717, 1.165) is 5.56 Å². The van der Waals surface area contributed by atoms with Crippen molar-refractivity contribution < 1.29 is 14.3 Å². The second-order valence-corrected chi connectivity index (χ2v) is 7.78. The van der Waals surface area contributed by atoms with E-state index in [4.69, 9.17) is 4.74 Å². The molecular formula is C22H28N4O3. The molecular weight excluding hydrogens is 368 g/mol. The molecule has 0 saturated heterocycles. The number of hydrogen-bond donors (Lipinski definition) is 1. The van der Waals surface area contributed by atoms with Crippen LogP contribution in [0.3, 0.4) is 0 Å². The van der Waals surface area contributed by atoms with Crippen LogP contribution in [0.2, 0.25) is 0 Å². The van der Waals surface area contributed by atoms with Crippen LogP contribution in [0.1, 0.15) is 53.6 Å². The Morgan fingerprint density at radius 3 is 2.41 bits per heavy atom. The van der Waals surface area contributed by atoms with Crippen LogP contribution >= 0.6 is 0 Å².